The van der Waals surface area contributed by atoms with Gasteiger partial charge in [0.15, 0.2) is 0 Å². The van der Waals surface area contributed by atoms with Crippen molar-refractivity contribution in [2.45, 2.75) is 19.3 Å². The summed E-state index contributed by atoms with van der Waals surface area (Å²) in [5.41, 5.74) is 6.45. The minimum absolute atomic E-state index is 0.235. The molecule has 2 aromatic heterocycles. The molecule has 0 saturated carbocycles. The minimum atomic E-state index is 0.235. The SMILES string of the molecule is CC(CN)c1coc(Cc2ccco2)n1. The largest absolute Gasteiger partial charge is 0.469 e. The molecule has 0 aromatic carbocycles. The fourth-order valence-corrected chi connectivity index (χ4v) is 1.32. The van der Waals surface area contributed by atoms with Gasteiger partial charge in [0, 0.05) is 12.5 Å². The fourth-order valence-electron chi connectivity index (χ4n) is 1.32. The van der Waals surface area contributed by atoms with Crippen LogP contribution in [0.3, 0.4) is 0 Å². The molecule has 0 amide bonds. The lowest BCUT2D eigenvalue weighted by molar-refractivity contribution is 0.464. The predicted molar refractivity (Wildman–Crippen MR) is 55.5 cm³/mol. The summed E-state index contributed by atoms with van der Waals surface area (Å²) in [6, 6.07) is 3.75. The van der Waals surface area contributed by atoms with Crippen LogP contribution in [0.25, 0.3) is 0 Å². The molecule has 1 atom stereocenters. The number of furan rings is 1. The van der Waals surface area contributed by atoms with E-state index in [1.165, 1.54) is 0 Å². The molecule has 0 bridgehead atoms. The summed E-state index contributed by atoms with van der Waals surface area (Å²) in [5, 5.41) is 0. The van der Waals surface area contributed by atoms with Crippen molar-refractivity contribution in [3.05, 3.63) is 42.0 Å². The monoisotopic (exact) mass is 206 g/mol. The van der Waals surface area contributed by atoms with Gasteiger partial charge in [0.25, 0.3) is 0 Å². The van der Waals surface area contributed by atoms with Gasteiger partial charge in [-0.3, -0.25) is 0 Å². The van der Waals surface area contributed by atoms with Crippen LogP contribution >= 0.6 is 0 Å². The third-order valence-electron chi connectivity index (χ3n) is 2.33. The van der Waals surface area contributed by atoms with Crippen LogP contribution < -0.4 is 5.73 Å². The topological polar surface area (TPSA) is 65.2 Å². The number of aromatic nitrogens is 1. The summed E-state index contributed by atoms with van der Waals surface area (Å²) >= 11 is 0. The van der Waals surface area contributed by atoms with Crippen LogP contribution in [0.1, 0.15) is 30.2 Å². The molecule has 4 heteroatoms. The first kappa shape index (κ1) is 9.98. The Hall–Kier alpha value is -1.55. The first-order chi connectivity index (χ1) is 7.29. The van der Waals surface area contributed by atoms with Gasteiger partial charge >= 0.3 is 0 Å². The molecule has 2 aromatic rings. The van der Waals surface area contributed by atoms with Crippen LogP contribution in [-0.2, 0) is 6.42 Å². The van der Waals surface area contributed by atoms with E-state index >= 15 is 0 Å². The van der Waals surface area contributed by atoms with E-state index in [1.54, 1.807) is 12.5 Å². The van der Waals surface area contributed by atoms with Crippen molar-refractivity contribution in [3.8, 4) is 0 Å². The van der Waals surface area contributed by atoms with Crippen LogP contribution in [0.4, 0.5) is 0 Å². The van der Waals surface area contributed by atoms with E-state index in [1.807, 2.05) is 19.1 Å². The third kappa shape index (κ3) is 2.27. The smallest absolute Gasteiger partial charge is 0.201 e. The molecule has 2 N–H and O–H groups in total. The maximum atomic E-state index is 5.55. The zero-order valence-electron chi connectivity index (χ0n) is 8.64. The van der Waals surface area contributed by atoms with Gasteiger partial charge in [-0.2, -0.15) is 0 Å². The Morgan fingerprint density at radius 3 is 3.00 bits per heavy atom. The first-order valence-electron chi connectivity index (χ1n) is 4.96. The van der Waals surface area contributed by atoms with Gasteiger partial charge < -0.3 is 14.6 Å². The van der Waals surface area contributed by atoms with Crippen LogP contribution in [0, 0.1) is 0 Å². The summed E-state index contributed by atoms with van der Waals surface area (Å²) in [6.07, 6.45) is 3.89. The maximum absolute atomic E-state index is 5.55. The molecular formula is C11H14N2O2. The van der Waals surface area contributed by atoms with Gasteiger partial charge in [-0.05, 0) is 12.1 Å². The normalized spacial score (nSPS) is 12.9. The highest BCUT2D eigenvalue weighted by molar-refractivity contribution is 5.09. The summed E-state index contributed by atoms with van der Waals surface area (Å²) in [4.78, 5) is 4.35. The van der Waals surface area contributed by atoms with Crippen molar-refractivity contribution in [1.29, 1.82) is 0 Å². The molecule has 2 rings (SSSR count). The van der Waals surface area contributed by atoms with Crippen LogP contribution in [-0.4, -0.2) is 11.5 Å². The Morgan fingerprint density at radius 2 is 2.33 bits per heavy atom. The molecule has 0 spiro atoms. The van der Waals surface area contributed by atoms with Gasteiger partial charge in [-0.15, -0.1) is 0 Å². The summed E-state index contributed by atoms with van der Waals surface area (Å²) < 4.78 is 10.5. The standard InChI is InChI=1S/C11H14N2O2/c1-8(6-12)10-7-15-11(13-10)5-9-3-2-4-14-9/h2-4,7-8H,5-6,12H2,1H3. The number of rotatable bonds is 4. The van der Waals surface area contributed by atoms with Crippen molar-refractivity contribution in [2.75, 3.05) is 6.54 Å². The lowest BCUT2D eigenvalue weighted by atomic mass is 10.1. The van der Waals surface area contributed by atoms with Gasteiger partial charge in [-0.1, -0.05) is 6.92 Å². The van der Waals surface area contributed by atoms with Crippen LogP contribution in [0.5, 0.6) is 0 Å². The molecular weight excluding hydrogens is 192 g/mol. The highest BCUT2D eigenvalue weighted by Gasteiger charge is 2.10. The number of nitrogens with zero attached hydrogens (tertiary/aromatic N) is 1. The third-order valence-corrected chi connectivity index (χ3v) is 2.33. The molecule has 2 heterocycles. The number of hydrogen-bond acceptors (Lipinski definition) is 4. The van der Waals surface area contributed by atoms with Crippen molar-refractivity contribution in [2.24, 2.45) is 5.73 Å². The van der Waals surface area contributed by atoms with E-state index in [4.69, 9.17) is 14.6 Å². The van der Waals surface area contributed by atoms with E-state index in [9.17, 15) is 0 Å². The molecule has 1 unspecified atom stereocenters. The first-order valence-corrected chi connectivity index (χ1v) is 4.96. The van der Waals surface area contributed by atoms with E-state index in [0.717, 1.165) is 11.5 Å². The Kier molecular flexibility index (Phi) is 2.87. The highest BCUT2D eigenvalue weighted by Crippen LogP contribution is 2.15. The highest BCUT2D eigenvalue weighted by atomic mass is 16.3. The van der Waals surface area contributed by atoms with Crippen LogP contribution in [0.15, 0.2) is 33.5 Å². The molecule has 4 nitrogen and oxygen atoms in total. The van der Waals surface area contributed by atoms with Gasteiger partial charge in [-0.25, -0.2) is 4.98 Å². The lowest BCUT2D eigenvalue weighted by Crippen LogP contribution is -2.09. The van der Waals surface area contributed by atoms with E-state index in [-0.39, 0.29) is 5.92 Å². The average Bonchev–Trinajstić information content (AvgIpc) is 2.88. The van der Waals surface area contributed by atoms with E-state index in [0.29, 0.717) is 18.9 Å². The maximum Gasteiger partial charge on any atom is 0.201 e. The van der Waals surface area contributed by atoms with Crippen molar-refractivity contribution >= 4 is 0 Å². The summed E-state index contributed by atoms with van der Waals surface area (Å²) in [6.45, 7) is 2.60. The van der Waals surface area contributed by atoms with E-state index < -0.39 is 0 Å². The zero-order valence-corrected chi connectivity index (χ0v) is 8.64. The number of nitrogens with two attached hydrogens (primary N) is 1. The molecule has 0 saturated heterocycles. The Morgan fingerprint density at radius 1 is 1.47 bits per heavy atom. The molecule has 0 aliphatic carbocycles. The zero-order chi connectivity index (χ0) is 10.7. The fraction of sp³-hybridized carbons (Fsp3) is 0.364. The van der Waals surface area contributed by atoms with Gasteiger partial charge in [0.1, 0.15) is 12.0 Å². The number of oxazole rings is 1. The molecule has 0 fully saturated rings. The summed E-state index contributed by atoms with van der Waals surface area (Å²) in [5.74, 6) is 1.75. The van der Waals surface area contributed by atoms with Gasteiger partial charge in [0.2, 0.25) is 5.89 Å². The Balaban J connectivity index is 2.07. The second-order valence-corrected chi connectivity index (χ2v) is 3.56. The Labute approximate surface area is 88.1 Å². The lowest BCUT2D eigenvalue weighted by Gasteiger charge is -2.00. The van der Waals surface area contributed by atoms with Crippen LogP contribution in [0.2, 0.25) is 0 Å². The second-order valence-electron chi connectivity index (χ2n) is 3.56. The average molecular weight is 206 g/mol. The van der Waals surface area contributed by atoms with Crippen molar-refractivity contribution < 1.29 is 8.83 Å². The molecule has 80 valence electrons. The number of hydrogen-bond donors (Lipinski definition) is 1. The molecule has 15 heavy (non-hydrogen) atoms. The minimum Gasteiger partial charge on any atom is -0.469 e. The molecule has 0 radical (unpaired) electrons. The van der Waals surface area contributed by atoms with Gasteiger partial charge in [0.05, 0.1) is 18.4 Å². The molecule has 0 aliphatic heterocycles. The Bertz CT molecular complexity index is 406. The summed E-state index contributed by atoms with van der Waals surface area (Å²) in [7, 11) is 0. The quantitative estimate of drug-likeness (QED) is 0.830. The predicted octanol–water partition coefficient (Wildman–Crippen LogP) is 1.92. The molecule has 0 aliphatic rings. The van der Waals surface area contributed by atoms with E-state index in [2.05, 4.69) is 4.98 Å². The second kappa shape index (κ2) is 4.31. The van der Waals surface area contributed by atoms with Crippen molar-refractivity contribution in [3.63, 3.8) is 0 Å². The van der Waals surface area contributed by atoms with Crippen molar-refractivity contribution in [1.82, 2.24) is 4.98 Å².